The lowest BCUT2D eigenvalue weighted by atomic mass is 10.1. The van der Waals surface area contributed by atoms with Crippen LogP contribution in [0.1, 0.15) is 18.9 Å². The Bertz CT molecular complexity index is 568. The van der Waals surface area contributed by atoms with Gasteiger partial charge < -0.3 is 10.6 Å². The van der Waals surface area contributed by atoms with Crippen LogP contribution in [0.3, 0.4) is 0 Å². The van der Waals surface area contributed by atoms with Crippen molar-refractivity contribution in [3.8, 4) is 11.3 Å². The third kappa shape index (κ3) is 5.11. The molecule has 0 radical (unpaired) electrons. The third-order valence-electron chi connectivity index (χ3n) is 3.35. The summed E-state index contributed by atoms with van der Waals surface area (Å²) in [6.45, 7) is 2.54. The van der Waals surface area contributed by atoms with Crippen LogP contribution in [-0.4, -0.2) is 34.3 Å². The number of carbonyl (C=O) groups is 1. The van der Waals surface area contributed by atoms with Gasteiger partial charge in [0.05, 0.1) is 5.69 Å². The van der Waals surface area contributed by atoms with Crippen molar-refractivity contribution in [3.63, 3.8) is 0 Å². The molecule has 3 N–H and O–H groups in total. The van der Waals surface area contributed by atoms with Crippen molar-refractivity contribution in [2.24, 2.45) is 0 Å². The molecule has 1 aromatic heterocycles. The first-order valence-electron chi connectivity index (χ1n) is 7.31. The van der Waals surface area contributed by atoms with E-state index in [2.05, 4.69) is 27.1 Å². The fourth-order valence-electron chi connectivity index (χ4n) is 2.04. The summed E-state index contributed by atoms with van der Waals surface area (Å²) >= 11 is 1.79. The maximum absolute atomic E-state index is 11.8. The molecule has 0 bridgehead atoms. The van der Waals surface area contributed by atoms with Crippen molar-refractivity contribution in [3.05, 3.63) is 42.1 Å². The summed E-state index contributed by atoms with van der Waals surface area (Å²) in [5.74, 6) is 1.05. The molecule has 0 fully saturated rings. The summed E-state index contributed by atoms with van der Waals surface area (Å²) in [5, 5.41) is 12.7. The summed E-state index contributed by atoms with van der Waals surface area (Å²) in [5.41, 5.74) is 3.13. The van der Waals surface area contributed by atoms with Gasteiger partial charge in [-0.2, -0.15) is 16.9 Å². The zero-order chi connectivity index (χ0) is 15.8. The maximum atomic E-state index is 11.8. The molecule has 118 valence electrons. The lowest BCUT2D eigenvalue weighted by molar-refractivity contribution is 0.237. The second kappa shape index (κ2) is 8.48. The lowest BCUT2D eigenvalue weighted by Crippen LogP contribution is -2.40. The molecule has 1 aromatic carbocycles. The summed E-state index contributed by atoms with van der Waals surface area (Å²) in [4.78, 5) is 11.8. The van der Waals surface area contributed by atoms with Crippen LogP contribution in [-0.2, 0) is 6.54 Å². The minimum Gasteiger partial charge on any atom is -0.336 e. The van der Waals surface area contributed by atoms with Crippen LogP contribution in [0.15, 0.2) is 36.5 Å². The van der Waals surface area contributed by atoms with Gasteiger partial charge in [-0.3, -0.25) is 5.10 Å². The molecular weight excluding hydrogens is 296 g/mol. The average Bonchev–Trinajstić information content (AvgIpc) is 3.06. The van der Waals surface area contributed by atoms with Crippen LogP contribution in [0.2, 0.25) is 0 Å². The van der Waals surface area contributed by atoms with E-state index in [4.69, 9.17) is 0 Å². The van der Waals surface area contributed by atoms with Crippen molar-refractivity contribution >= 4 is 17.8 Å². The molecule has 0 aliphatic carbocycles. The fraction of sp³-hybridized carbons (Fsp3) is 0.375. The number of aromatic amines is 1. The monoisotopic (exact) mass is 318 g/mol. The van der Waals surface area contributed by atoms with Crippen molar-refractivity contribution in [1.29, 1.82) is 0 Å². The predicted molar refractivity (Wildman–Crippen MR) is 91.9 cm³/mol. The number of H-pyrrole nitrogens is 1. The Hall–Kier alpha value is -1.95. The number of nitrogens with zero attached hydrogens (tertiary/aromatic N) is 1. The Morgan fingerprint density at radius 2 is 2.09 bits per heavy atom. The van der Waals surface area contributed by atoms with Gasteiger partial charge in [0, 0.05) is 18.8 Å². The molecule has 2 amide bonds. The van der Waals surface area contributed by atoms with Gasteiger partial charge in [-0.25, -0.2) is 4.79 Å². The van der Waals surface area contributed by atoms with Crippen molar-refractivity contribution in [1.82, 2.24) is 20.8 Å². The molecule has 0 spiro atoms. The van der Waals surface area contributed by atoms with Crippen molar-refractivity contribution in [2.75, 3.05) is 12.0 Å². The van der Waals surface area contributed by atoms with Crippen LogP contribution in [0.4, 0.5) is 4.79 Å². The summed E-state index contributed by atoms with van der Waals surface area (Å²) in [6, 6.07) is 10.0. The van der Waals surface area contributed by atoms with E-state index in [1.807, 2.05) is 37.3 Å². The van der Waals surface area contributed by atoms with E-state index in [0.29, 0.717) is 6.54 Å². The molecule has 6 heteroatoms. The number of urea groups is 1. The minimum atomic E-state index is -0.119. The van der Waals surface area contributed by atoms with Gasteiger partial charge in [0.25, 0.3) is 0 Å². The highest BCUT2D eigenvalue weighted by Crippen LogP contribution is 2.16. The van der Waals surface area contributed by atoms with Crippen molar-refractivity contribution < 1.29 is 4.79 Å². The first-order valence-corrected chi connectivity index (χ1v) is 8.70. The molecule has 0 saturated carbocycles. The average molecular weight is 318 g/mol. The number of rotatable bonds is 7. The summed E-state index contributed by atoms with van der Waals surface area (Å²) < 4.78 is 0. The molecule has 1 unspecified atom stereocenters. The quantitative estimate of drug-likeness (QED) is 0.735. The van der Waals surface area contributed by atoms with Gasteiger partial charge in [-0.05, 0) is 42.5 Å². The van der Waals surface area contributed by atoms with E-state index >= 15 is 0 Å². The van der Waals surface area contributed by atoms with E-state index in [0.717, 1.165) is 29.0 Å². The highest BCUT2D eigenvalue weighted by atomic mass is 32.2. The largest absolute Gasteiger partial charge is 0.336 e. The number of hydrogen-bond acceptors (Lipinski definition) is 3. The smallest absolute Gasteiger partial charge is 0.315 e. The van der Waals surface area contributed by atoms with Gasteiger partial charge in [0.15, 0.2) is 0 Å². The van der Waals surface area contributed by atoms with E-state index in [1.54, 1.807) is 18.0 Å². The van der Waals surface area contributed by atoms with E-state index < -0.39 is 0 Å². The standard InChI is InChI=1S/C16H22N4OS/c1-12(8-10-22-2)19-16(21)17-11-13-3-5-14(6-4-13)15-7-9-18-20-15/h3-7,9,12H,8,10-11H2,1-2H3,(H,18,20)(H2,17,19,21). The van der Waals surface area contributed by atoms with E-state index in [9.17, 15) is 4.79 Å². The number of nitrogens with one attached hydrogen (secondary N) is 3. The van der Waals surface area contributed by atoms with Gasteiger partial charge in [-0.15, -0.1) is 0 Å². The topological polar surface area (TPSA) is 69.8 Å². The molecule has 5 nitrogen and oxygen atoms in total. The molecule has 1 atom stereocenters. The number of benzene rings is 1. The molecule has 2 rings (SSSR count). The van der Waals surface area contributed by atoms with Crippen LogP contribution in [0.25, 0.3) is 11.3 Å². The minimum absolute atomic E-state index is 0.119. The predicted octanol–water partition coefficient (Wildman–Crippen LogP) is 3.02. The van der Waals surface area contributed by atoms with Gasteiger partial charge >= 0.3 is 6.03 Å². The normalized spacial score (nSPS) is 11.9. The maximum Gasteiger partial charge on any atom is 0.315 e. The van der Waals surface area contributed by atoms with Crippen LogP contribution in [0.5, 0.6) is 0 Å². The molecule has 0 saturated heterocycles. The first-order chi connectivity index (χ1) is 10.7. The Balaban J connectivity index is 1.78. The second-order valence-corrected chi connectivity index (χ2v) is 6.16. The molecular formula is C16H22N4OS. The first kappa shape index (κ1) is 16.4. The van der Waals surface area contributed by atoms with Crippen LogP contribution in [0, 0.1) is 0 Å². The van der Waals surface area contributed by atoms with Gasteiger partial charge in [0.2, 0.25) is 0 Å². The number of carbonyl (C=O) groups excluding carboxylic acids is 1. The summed E-state index contributed by atoms with van der Waals surface area (Å²) in [6.07, 6.45) is 4.78. The molecule has 1 heterocycles. The zero-order valence-electron chi connectivity index (χ0n) is 12.9. The molecule has 2 aromatic rings. The van der Waals surface area contributed by atoms with E-state index in [-0.39, 0.29) is 12.1 Å². The fourth-order valence-corrected chi connectivity index (χ4v) is 2.63. The Labute approximate surface area is 135 Å². The zero-order valence-corrected chi connectivity index (χ0v) is 13.7. The Morgan fingerprint density at radius 1 is 1.32 bits per heavy atom. The lowest BCUT2D eigenvalue weighted by Gasteiger charge is -2.14. The molecule has 0 aliphatic rings. The number of aromatic nitrogens is 2. The number of thioether (sulfide) groups is 1. The van der Waals surface area contributed by atoms with Gasteiger partial charge in [0.1, 0.15) is 0 Å². The Kier molecular flexibility index (Phi) is 6.33. The van der Waals surface area contributed by atoms with Crippen LogP contribution < -0.4 is 10.6 Å². The van der Waals surface area contributed by atoms with Crippen LogP contribution >= 0.6 is 11.8 Å². The highest BCUT2D eigenvalue weighted by Gasteiger charge is 2.06. The number of hydrogen-bond donors (Lipinski definition) is 3. The SMILES string of the molecule is CSCCC(C)NC(=O)NCc1ccc(-c2ccn[nH]2)cc1. The van der Waals surface area contributed by atoms with Gasteiger partial charge in [-0.1, -0.05) is 24.3 Å². The van der Waals surface area contributed by atoms with E-state index in [1.165, 1.54) is 0 Å². The summed E-state index contributed by atoms with van der Waals surface area (Å²) in [7, 11) is 0. The second-order valence-electron chi connectivity index (χ2n) is 5.18. The highest BCUT2D eigenvalue weighted by molar-refractivity contribution is 7.98. The Morgan fingerprint density at radius 3 is 2.73 bits per heavy atom. The van der Waals surface area contributed by atoms with Crippen molar-refractivity contribution in [2.45, 2.75) is 25.9 Å². The number of amides is 2. The molecule has 0 aliphatic heterocycles. The third-order valence-corrected chi connectivity index (χ3v) is 4.00. The molecule has 22 heavy (non-hydrogen) atoms.